The van der Waals surface area contributed by atoms with E-state index in [4.69, 9.17) is 0 Å². The van der Waals surface area contributed by atoms with Crippen LogP contribution < -0.4 is 9.62 Å². The molecule has 118 valence electrons. The van der Waals surface area contributed by atoms with Gasteiger partial charge in [-0.25, -0.2) is 8.42 Å². The van der Waals surface area contributed by atoms with Crippen molar-refractivity contribution in [2.75, 3.05) is 17.6 Å². The van der Waals surface area contributed by atoms with Crippen LogP contribution in [0.25, 0.3) is 0 Å². The van der Waals surface area contributed by atoms with E-state index < -0.39 is 10.0 Å². The molecule has 0 aliphatic carbocycles. The first-order valence-electron chi connectivity index (χ1n) is 7.06. The van der Waals surface area contributed by atoms with E-state index in [9.17, 15) is 13.2 Å². The van der Waals surface area contributed by atoms with Gasteiger partial charge in [-0.2, -0.15) is 0 Å². The highest BCUT2D eigenvalue weighted by Gasteiger charge is 2.17. The van der Waals surface area contributed by atoms with Gasteiger partial charge in [0.05, 0.1) is 11.9 Å². The van der Waals surface area contributed by atoms with Gasteiger partial charge in [-0.3, -0.25) is 9.10 Å². The van der Waals surface area contributed by atoms with Crippen LogP contribution in [0, 0.1) is 6.92 Å². The zero-order valence-corrected chi connectivity index (χ0v) is 14.1. The molecule has 0 radical (unpaired) electrons. The molecule has 1 aromatic rings. The summed E-state index contributed by atoms with van der Waals surface area (Å²) in [4.78, 5) is 12.2. The normalized spacial score (nSPS) is 11.5. The first-order chi connectivity index (χ1) is 9.70. The molecule has 0 fully saturated rings. The molecule has 1 N–H and O–H groups in total. The van der Waals surface area contributed by atoms with Gasteiger partial charge in [0, 0.05) is 18.7 Å². The number of amides is 1. The number of carbonyl (C=O) groups excluding carboxylic acids is 1. The Morgan fingerprint density at radius 3 is 2.33 bits per heavy atom. The highest BCUT2D eigenvalue weighted by atomic mass is 32.2. The highest BCUT2D eigenvalue weighted by molar-refractivity contribution is 7.92. The number of hydrogen-bond donors (Lipinski definition) is 1. The molecule has 0 heterocycles. The summed E-state index contributed by atoms with van der Waals surface area (Å²) in [7, 11) is -1.87. The Morgan fingerprint density at radius 2 is 1.86 bits per heavy atom. The van der Waals surface area contributed by atoms with Gasteiger partial charge < -0.3 is 5.32 Å². The van der Waals surface area contributed by atoms with Gasteiger partial charge in [0.25, 0.3) is 5.91 Å². The topological polar surface area (TPSA) is 66.5 Å². The van der Waals surface area contributed by atoms with Crippen molar-refractivity contribution in [3.8, 4) is 0 Å². The molecule has 0 aromatic heterocycles. The lowest BCUT2D eigenvalue weighted by Gasteiger charge is -2.20. The first kappa shape index (κ1) is 17.5. The molecular weight excluding hydrogens is 288 g/mol. The van der Waals surface area contributed by atoms with Crippen LogP contribution in [-0.2, 0) is 10.0 Å². The lowest BCUT2D eigenvalue weighted by molar-refractivity contribution is 0.0935. The molecule has 1 amide bonds. The fraction of sp³-hybridized carbons (Fsp3) is 0.533. The smallest absolute Gasteiger partial charge is 0.251 e. The van der Waals surface area contributed by atoms with Crippen LogP contribution in [-0.4, -0.2) is 33.7 Å². The monoisotopic (exact) mass is 312 g/mol. The molecule has 6 heteroatoms. The van der Waals surface area contributed by atoms with Crippen LogP contribution in [0.1, 0.15) is 42.6 Å². The summed E-state index contributed by atoms with van der Waals surface area (Å²) in [6, 6.07) is 5.23. The minimum absolute atomic E-state index is 0.134. The third kappa shape index (κ3) is 4.46. The minimum atomic E-state index is -3.35. The average Bonchev–Trinajstić information content (AvgIpc) is 2.43. The molecule has 1 aromatic carbocycles. The Balaban J connectivity index is 3.10. The Bertz CT molecular complexity index is 607. The largest absolute Gasteiger partial charge is 0.349 e. The van der Waals surface area contributed by atoms with Crippen LogP contribution in [0.3, 0.4) is 0 Å². The fourth-order valence-electron chi connectivity index (χ4n) is 2.03. The minimum Gasteiger partial charge on any atom is -0.349 e. The van der Waals surface area contributed by atoms with Crippen LogP contribution in [0.4, 0.5) is 5.69 Å². The predicted molar refractivity (Wildman–Crippen MR) is 86.3 cm³/mol. The maximum atomic E-state index is 12.2. The maximum absolute atomic E-state index is 12.2. The molecule has 1 rings (SSSR count). The van der Waals surface area contributed by atoms with Gasteiger partial charge >= 0.3 is 0 Å². The highest BCUT2D eigenvalue weighted by Crippen LogP contribution is 2.22. The second-order valence-corrected chi connectivity index (χ2v) is 7.23. The van der Waals surface area contributed by atoms with Gasteiger partial charge in [-0.15, -0.1) is 0 Å². The molecule has 0 atom stereocenters. The summed E-state index contributed by atoms with van der Waals surface area (Å²) in [5.41, 5.74) is 1.80. The fourth-order valence-corrected chi connectivity index (χ4v) is 2.58. The van der Waals surface area contributed by atoms with Crippen molar-refractivity contribution in [3.63, 3.8) is 0 Å². The number of carbonyl (C=O) groups is 1. The Labute approximate surface area is 127 Å². The van der Waals surface area contributed by atoms with E-state index in [-0.39, 0.29) is 11.9 Å². The van der Waals surface area contributed by atoms with E-state index in [1.807, 2.05) is 20.8 Å². The van der Waals surface area contributed by atoms with Crippen molar-refractivity contribution in [1.82, 2.24) is 5.32 Å². The maximum Gasteiger partial charge on any atom is 0.251 e. The second-order valence-electron chi connectivity index (χ2n) is 5.22. The molecule has 0 unspecified atom stereocenters. The standard InChI is InChI=1S/C15H24N2O3S/c1-6-13(7-2)16-15(18)12-9-8-11(3)14(10-12)17(4)21(5,19)20/h8-10,13H,6-7H2,1-5H3,(H,16,18). The number of sulfonamides is 1. The molecule has 0 saturated heterocycles. The number of anilines is 1. The van der Waals surface area contributed by atoms with Crippen molar-refractivity contribution in [3.05, 3.63) is 29.3 Å². The van der Waals surface area contributed by atoms with Crippen molar-refractivity contribution < 1.29 is 13.2 Å². The summed E-state index contributed by atoms with van der Waals surface area (Å²) in [5, 5.41) is 2.95. The Hall–Kier alpha value is -1.56. The van der Waals surface area contributed by atoms with Crippen molar-refractivity contribution in [2.24, 2.45) is 0 Å². The lowest BCUT2D eigenvalue weighted by atomic mass is 10.1. The third-order valence-corrected chi connectivity index (χ3v) is 4.82. The van der Waals surface area contributed by atoms with E-state index in [0.29, 0.717) is 11.3 Å². The Morgan fingerprint density at radius 1 is 1.29 bits per heavy atom. The number of aryl methyl sites for hydroxylation is 1. The summed E-state index contributed by atoms with van der Waals surface area (Å²) < 4.78 is 24.5. The van der Waals surface area contributed by atoms with Crippen LogP contribution in [0.15, 0.2) is 18.2 Å². The molecule has 0 saturated carbocycles. The number of hydrogen-bond acceptors (Lipinski definition) is 3. The van der Waals surface area contributed by atoms with Crippen molar-refractivity contribution >= 4 is 21.6 Å². The number of nitrogens with one attached hydrogen (secondary N) is 1. The summed E-state index contributed by atoms with van der Waals surface area (Å²) >= 11 is 0. The van der Waals surface area contributed by atoms with Crippen molar-refractivity contribution in [1.29, 1.82) is 0 Å². The molecule has 0 aliphatic rings. The van der Waals surface area contributed by atoms with Gasteiger partial charge in [0.2, 0.25) is 10.0 Å². The van der Waals surface area contributed by atoms with E-state index in [1.54, 1.807) is 18.2 Å². The SMILES string of the molecule is CCC(CC)NC(=O)c1ccc(C)c(N(C)S(C)(=O)=O)c1. The van der Waals surface area contributed by atoms with Crippen LogP contribution in [0.2, 0.25) is 0 Å². The number of benzene rings is 1. The van der Waals surface area contributed by atoms with Crippen LogP contribution in [0.5, 0.6) is 0 Å². The van der Waals surface area contributed by atoms with E-state index >= 15 is 0 Å². The molecule has 0 bridgehead atoms. The van der Waals surface area contributed by atoms with Gasteiger partial charge in [-0.1, -0.05) is 19.9 Å². The predicted octanol–water partition coefficient (Wildman–Crippen LogP) is 2.31. The van der Waals surface area contributed by atoms with E-state index in [1.165, 1.54) is 11.4 Å². The molecular formula is C15H24N2O3S. The summed E-state index contributed by atoms with van der Waals surface area (Å²) in [6.45, 7) is 5.86. The summed E-state index contributed by atoms with van der Waals surface area (Å²) in [6.07, 6.45) is 2.87. The van der Waals surface area contributed by atoms with Crippen molar-refractivity contribution in [2.45, 2.75) is 39.7 Å². The van der Waals surface area contributed by atoms with Gasteiger partial charge in [0.15, 0.2) is 0 Å². The lowest BCUT2D eigenvalue weighted by Crippen LogP contribution is -2.34. The van der Waals surface area contributed by atoms with Gasteiger partial charge in [-0.05, 0) is 37.5 Å². The second kappa shape index (κ2) is 6.93. The zero-order valence-electron chi connectivity index (χ0n) is 13.3. The quantitative estimate of drug-likeness (QED) is 0.876. The van der Waals surface area contributed by atoms with Crippen LogP contribution >= 0.6 is 0 Å². The molecule has 0 aliphatic heterocycles. The zero-order chi connectivity index (χ0) is 16.2. The van der Waals surface area contributed by atoms with E-state index in [2.05, 4.69) is 5.32 Å². The van der Waals surface area contributed by atoms with E-state index in [0.717, 1.165) is 24.7 Å². The first-order valence-corrected chi connectivity index (χ1v) is 8.90. The third-order valence-electron chi connectivity index (χ3n) is 3.63. The molecule has 0 spiro atoms. The average molecular weight is 312 g/mol. The molecule has 5 nitrogen and oxygen atoms in total. The van der Waals surface area contributed by atoms with Gasteiger partial charge in [0.1, 0.15) is 0 Å². The summed E-state index contributed by atoms with van der Waals surface area (Å²) in [5.74, 6) is -0.174. The number of rotatable bonds is 6. The number of nitrogens with zero attached hydrogens (tertiary/aromatic N) is 1. The molecule has 21 heavy (non-hydrogen) atoms. The Kier molecular flexibility index (Phi) is 5.78.